The number of fused-ring (bicyclic) bond motifs is 1. The normalized spacial score (nSPS) is 32.4. The van der Waals surface area contributed by atoms with Crippen LogP contribution in [0.25, 0.3) is 0 Å². The molecule has 0 nitrogen and oxygen atoms in total. The van der Waals surface area contributed by atoms with E-state index in [0.717, 1.165) is 12.3 Å². The third-order valence-corrected chi connectivity index (χ3v) is 4.99. The van der Waals surface area contributed by atoms with Gasteiger partial charge in [0, 0.05) is 0 Å². The Hall–Kier alpha value is -0.690. The predicted octanol–water partition coefficient (Wildman–Crippen LogP) is 5.46. The molecule has 2 unspecified atom stereocenters. The average molecular weight is 260 g/mol. The minimum absolute atomic E-state index is 0.377. The van der Waals surface area contributed by atoms with Crippen molar-refractivity contribution in [2.45, 2.75) is 46.5 Å². The summed E-state index contributed by atoms with van der Waals surface area (Å²) in [7, 11) is 0. The van der Waals surface area contributed by atoms with Gasteiger partial charge >= 0.3 is 0 Å². The molecule has 0 aromatic heterocycles. The minimum atomic E-state index is 0.377. The lowest BCUT2D eigenvalue weighted by Crippen LogP contribution is -2.27. The maximum Gasteiger partial charge on any atom is -0.00404 e. The van der Waals surface area contributed by atoms with Crippen LogP contribution in [0.1, 0.15) is 46.5 Å². The third kappa shape index (κ3) is 2.51. The minimum Gasteiger partial charge on any atom is -0.148 e. The molecule has 0 spiro atoms. The monoisotopic (exact) mass is 260 g/mol. The quantitative estimate of drug-likeness (QED) is 0.505. The fourth-order valence-corrected chi connectivity index (χ4v) is 3.55. The lowest BCUT2D eigenvalue weighted by Gasteiger charge is -2.37. The summed E-state index contributed by atoms with van der Waals surface area (Å²) in [6.45, 7) is 6.68. The average Bonchev–Trinajstić information content (AvgIpc) is 2.66. The van der Waals surface area contributed by atoms with Crippen LogP contribution in [-0.4, -0.2) is 0 Å². The molecule has 0 saturated carbocycles. The van der Waals surface area contributed by atoms with Crippen LogP contribution in [0, 0.1) is 11.3 Å². The van der Waals surface area contributed by atoms with Crippen molar-refractivity contribution in [2.75, 3.05) is 0 Å². The summed E-state index contributed by atoms with van der Waals surface area (Å²) in [5, 5.41) is 0. The van der Waals surface area contributed by atoms with E-state index in [1.807, 2.05) is 0 Å². The lowest BCUT2D eigenvalue weighted by molar-refractivity contribution is 0.242. The molecule has 2 atom stereocenters. The highest BCUT2D eigenvalue weighted by atomic mass is 32.1. The van der Waals surface area contributed by atoms with Crippen molar-refractivity contribution in [3.63, 3.8) is 0 Å². The second kappa shape index (κ2) is 5.52. The van der Waals surface area contributed by atoms with Crippen LogP contribution >= 0.6 is 12.6 Å². The fraction of sp³-hybridized carbons (Fsp3) is 0.529. The highest BCUT2D eigenvalue weighted by Crippen LogP contribution is 2.53. The topological polar surface area (TPSA) is 0 Å². The molecule has 2 aliphatic carbocycles. The molecular formula is C17H24S. The molecule has 0 N–H and O–H groups in total. The van der Waals surface area contributed by atoms with Crippen LogP contribution < -0.4 is 0 Å². The van der Waals surface area contributed by atoms with Gasteiger partial charge < -0.3 is 0 Å². The van der Waals surface area contributed by atoms with Crippen LogP contribution in [-0.2, 0) is 0 Å². The van der Waals surface area contributed by atoms with Gasteiger partial charge in [0.15, 0.2) is 0 Å². The van der Waals surface area contributed by atoms with Crippen LogP contribution in [0.2, 0.25) is 0 Å². The fourth-order valence-electron chi connectivity index (χ4n) is 3.30. The summed E-state index contributed by atoms with van der Waals surface area (Å²) >= 11 is 4.53. The Balaban J connectivity index is 2.15. The van der Waals surface area contributed by atoms with E-state index >= 15 is 0 Å². The maximum absolute atomic E-state index is 4.53. The Morgan fingerprint density at radius 1 is 1.50 bits per heavy atom. The molecule has 18 heavy (non-hydrogen) atoms. The molecule has 1 heteroatoms. The Bertz CT molecular complexity index is 437. The van der Waals surface area contributed by atoms with Crippen LogP contribution in [0.3, 0.4) is 0 Å². The van der Waals surface area contributed by atoms with Gasteiger partial charge in [-0.3, -0.25) is 0 Å². The van der Waals surface area contributed by atoms with Crippen molar-refractivity contribution < 1.29 is 0 Å². The number of rotatable bonds is 3. The van der Waals surface area contributed by atoms with Crippen LogP contribution in [0.5, 0.6) is 0 Å². The molecule has 0 aliphatic heterocycles. The largest absolute Gasteiger partial charge is 0.148 e. The number of hydrogen-bond donors (Lipinski definition) is 1. The van der Waals surface area contributed by atoms with Gasteiger partial charge in [-0.2, -0.15) is 0 Å². The molecule has 0 saturated heterocycles. The first-order valence-electron chi connectivity index (χ1n) is 6.98. The Labute approximate surface area is 117 Å². The number of thiol groups is 1. The summed E-state index contributed by atoms with van der Waals surface area (Å²) in [4.78, 5) is 1.25. The summed E-state index contributed by atoms with van der Waals surface area (Å²) in [6, 6.07) is 0. The molecule has 98 valence electrons. The predicted molar refractivity (Wildman–Crippen MR) is 83.8 cm³/mol. The highest BCUT2D eigenvalue weighted by molar-refractivity contribution is 7.84. The first-order chi connectivity index (χ1) is 8.60. The van der Waals surface area contributed by atoms with E-state index in [1.165, 1.54) is 35.3 Å². The van der Waals surface area contributed by atoms with E-state index in [2.05, 4.69) is 63.8 Å². The van der Waals surface area contributed by atoms with Gasteiger partial charge in [-0.25, -0.2) is 0 Å². The van der Waals surface area contributed by atoms with Gasteiger partial charge in [-0.05, 0) is 67.4 Å². The molecular weight excluding hydrogens is 236 g/mol. The molecule has 2 rings (SSSR count). The molecule has 0 aromatic carbocycles. The Morgan fingerprint density at radius 3 is 2.94 bits per heavy atom. The van der Waals surface area contributed by atoms with Crippen molar-refractivity contribution in [1.29, 1.82) is 0 Å². The van der Waals surface area contributed by atoms with Crippen molar-refractivity contribution in [3.05, 3.63) is 46.4 Å². The van der Waals surface area contributed by atoms with Crippen molar-refractivity contribution in [3.8, 4) is 0 Å². The van der Waals surface area contributed by atoms with Gasteiger partial charge in [0.25, 0.3) is 0 Å². The van der Waals surface area contributed by atoms with Crippen molar-refractivity contribution in [2.24, 2.45) is 11.3 Å². The molecule has 0 amide bonds. The van der Waals surface area contributed by atoms with E-state index in [4.69, 9.17) is 0 Å². The first-order valence-corrected chi connectivity index (χ1v) is 7.43. The summed E-state index contributed by atoms with van der Waals surface area (Å²) in [5.41, 5.74) is 3.38. The summed E-state index contributed by atoms with van der Waals surface area (Å²) in [5.74, 6) is 0.757. The highest BCUT2D eigenvalue weighted by Gasteiger charge is 2.41. The number of allylic oxidation sites excluding steroid dienone is 8. The lowest BCUT2D eigenvalue weighted by atomic mass is 9.68. The first kappa shape index (κ1) is 13.7. The van der Waals surface area contributed by atoms with Gasteiger partial charge in [0.1, 0.15) is 0 Å². The SMILES string of the molecule is C/C=C\C(=C\C)CC1CC=C2C=C(S)CCC21C. The van der Waals surface area contributed by atoms with Crippen LogP contribution in [0.15, 0.2) is 46.4 Å². The van der Waals surface area contributed by atoms with E-state index in [9.17, 15) is 0 Å². The zero-order valence-electron chi connectivity index (χ0n) is 11.7. The zero-order chi connectivity index (χ0) is 13.2. The third-order valence-electron chi connectivity index (χ3n) is 4.64. The van der Waals surface area contributed by atoms with Crippen LogP contribution in [0.4, 0.5) is 0 Å². The second-order valence-electron chi connectivity index (χ2n) is 5.71. The Morgan fingerprint density at radius 2 is 2.28 bits per heavy atom. The Kier molecular flexibility index (Phi) is 4.21. The van der Waals surface area contributed by atoms with Crippen molar-refractivity contribution >= 4 is 12.6 Å². The molecule has 0 fully saturated rings. The molecule has 2 aliphatic rings. The smallest absolute Gasteiger partial charge is 0.00404 e. The van der Waals surface area contributed by atoms with E-state index in [0.29, 0.717) is 5.41 Å². The van der Waals surface area contributed by atoms with E-state index in [-0.39, 0.29) is 0 Å². The zero-order valence-corrected chi connectivity index (χ0v) is 12.6. The molecule has 0 aromatic rings. The number of hydrogen-bond acceptors (Lipinski definition) is 1. The van der Waals surface area contributed by atoms with E-state index in [1.54, 1.807) is 0 Å². The molecule has 0 radical (unpaired) electrons. The molecule has 0 bridgehead atoms. The summed E-state index contributed by atoms with van der Waals surface area (Å²) in [6.07, 6.45) is 16.2. The van der Waals surface area contributed by atoms with E-state index < -0.39 is 0 Å². The maximum atomic E-state index is 4.53. The van der Waals surface area contributed by atoms with Crippen molar-refractivity contribution in [1.82, 2.24) is 0 Å². The standard InChI is InChI=1S/C17H24S/c1-4-6-13(5-2)11-14-7-8-15-12-16(18)9-10-17(14,15)3/h4-6,8,12,14,18H,7,9-11H2,1-3H3/b6-4-,13-5-. The summed E-state index contributed by atoms with van der Waals surface area (Å²) < 4.78 is 0. The second-order valence-corrected chi connectivity index (χ2v) is 6.29. The van der Waals surface area contributed by atoms with Gasteiger partial charge in [-0.15, -0.1) is 12.6 Å². The van der Waals surface area contributed by atoms with Gasteiger partial charge in [0.05, 0.1) is 0 Å². The van der Waals surface area contributed by atoms with Gasteiger partial charge in [-0.1, -0.05) is 36.8 Å². The van der Waals surface area contributed by atoms with Gasteiger partial charge in [0.2, 0.25) is 0 Å². The molecule has 0 heterocycles.